The maximum atomic E-state index is 13.7. The Kier molecular flexibility index (Phi) is 8.69. The molecule has 1 saturated heterocycles. The van der Waals surface area contributed by atoms with Crippen molar-refractivity contribution in [2.45, 2.75) is 50.1 Å². The van der Waals surface area contributed by atoms with Gasteiger partial charge in [-0.25, -0.2) is 4.79 Å². The Balaban J connectivity index is 1.37. The van der Waals surface area contributed by atoms with Crippen molar-refractivity contribution in [2.75, 3.05) is 12.4 Å². The first kappa shape index (κ1) is 29.7. The number of hydrogen-bond acceptors (Lipinski definition) is 9. The number of benzene rings is 2. The molecule has 2 amide bonds. The third kappa shape index (κ3) is 6.20. The van der Waals surface area contributed by atoms with E-state index in [2.05, 4.69) is 15.3 Å². The lowest BCUT2D eigenvalue weighted by molar-refractivity contribution is -0.152. The number of azide groups is 1. The fourth-order valence-corrected chi connectivity index (χ4v) is 6.66. The Morgan fingerprint density at radius 2 is 1.91 bits per heavy atom. The molecule has 0 bridgehead atoms. The molecule has 2 N–H and O–H groups in total. The summed E-state index contributed by atoms with van der Waals surface area (Å²) in [5.41, 5.74) is 11.8. The molecular formula is C29H27N5O8S. The van der Waals surface area contributed by atoms with Crippen LogP contribution < -0.4 is 10.1 Å². The van der Waals surface area contributed by atoms with Crippen molar-refractivity contribution in [3.63, 3.8) is 0 Å². The third-order valence-electron chi connectivity index (χ3n) is 7.41. The number of ether oxygens (including phenoxy) is 2. The molecule has 13 nitrogen and oxygen atoms in total. The number of aryl methyl sites for hydroxylation is 2. The average molecular weight is 606 g/mol. The minimum atomic E-state index is -1.45. The molecule has 43 heavy (non-hydrogen) atoms. The van der Waals surface area contributed by atoms with E-state index >= 15 is 0 Å². The molecule has 2 aromatic carbocycles. The first-order valence-electron chi connectivity index (χ1n) is 13.4. The summed E-state index contributed by atoms with van der Waals surface area (Å²) in [6, 6.07) is 10.6. The Labute approximate surface area is 249 Å². The zero-order valence-electron chi connectivity index (χ0n) is 23.0. The van der Waals surface area contributed by atoms with Gasteiger partial charge in [-0.15, -0.1) is 11.8 Å². The van der Waals surface area contributed by atoms with Gasteiger partial charge in [0.25, 0.3) is 5.91 Å². The molecule has 3 atom stereocenters. The SMILES string of the molecule is CC(=O)OCC1=C(C(=O)O)N2C(=O)C(NC(=O)C(C(=O)Oc3ccc4c(c3)CCC4)c3ccc(CN=[N+]=[N-])cc3)C2SC1. The number of fused-ring (bicyclic) bond motifs is 2. The Hall–Kier alpha value is -4.81. The molecule has 0 spiro atoms. The highest BCUT2D eigenvalue weighted by Gasteiger charge is 2.55. The molecule has 1 fully saturated rings. The second-order valence-electron chi connectivity index (χ2n) is 10.2. The van der Waals surface area contributed by atoms with E-state index in [4.69, 9.17) is 15.0 Å². The van der Waals surface area contributed by atoms with E-state index in [-0.39, 0.29) is 30.2 Å². The van der Waals surface area contributed by atoms with Crippen molar-refractivity contribution in [3.05, 3.63) is 86.4 Å². The lowest BCUT2D eigenvalue weighted by Gasteiger charge is -2.49. The van der Waals surface area contributed by atoms with E-state index in [9.17, 15) is 29.1 Å². The zero-order chi connectivity index (χ0) is 30.7. The number of nitrogens with zero attached hydrogens (tertiary/aromatic N) is 4. The average Bonchev–Trinajstić information content (AvgIpc) is 3.46. The van der Waals surface area contributed by atoms with Crippen molar-refractivity contribution in [1.29, 1.82) is 0 Å². The second-order valence-corrected chi connectivity index (χ2v) is 11.3. The maximum absolute atomic E-state index is 13.7. The van der Waals surface area contributed by atoms with Crippen LogP contribution in [0.5, 0.6) is 5.75 Å². The quantitative estimate of drug-likeness (QED) is 0.0780. The van der Waals surface area contributed by atoms with Crippen LogP contribution in [0.25, 0.3) is 10.4 Å². The van der Waals surface area contributed by atoms with Gasteiger partial charge >= 0.3 is 17.9 Å². The maximum Gasteiger partial charge on any atom is 0.352 e. The van der Waals surface area contributed by atoms with Crippen LogP contribution in [0.2, 0.25) is 0 Å². The van der Waals surface area contributed by atoms with Gasteiger partial charge in [-0.2, -0.15) is 0 Å². The van der Waals surface area contributed by atoms with Crippen LogP contribution in [-0.4, -0.2) is 63.5 Å². The standard InChI is InChI=1S/C29H27N5O8S/c1-15(35)41-13-20-14-43-27-23(26(37)34(27)24(20)28(38)39)32-25(36)22(18-7-5-16(6-8-18)12-31-33-30)29(40)42-21-10-9-17-3-2-4-19(17)11-21/h5-11,22-23,27H,2-4,12-14H2,1H3,(H,32,36)(H,38,39). The van der Waals surface area contributed by atoms with Gasteiger partial charge in [0.2, 0.25) is 5.91 Å². The molecule has 2 aliphatic heterocycles. The fraction of sp³-hybridized carbons (Fsp3) is 0.345. The summed E-state index contributed by atoms with van der Waals surface area (Å²) < 4.78 is 10.6. The molecule has 14 heteroatoms. The van der Waals surface area contributed by atoms with E-state index in [1.807, 2.05) is 6.07 Å². The van der Waals surface area contributed by atoms with E-state index in [0.717, 1.165) is 29.7 Å². The predicted octanol–water partition coefficient (Wildman–Crippen LogP) is 2.98. The summed E-state index contributed by atoms with van der Waals surface area (Å²) in [6.45, 7) is 1.00. The fourth-order valence-electron chi connectivity index (χ4n) is 5.33. The number of carbonyl (C=O) groups is 5. The number of nitrogens with one attached hydrogen (secondary N) is 1. The normalized spacial score (nSPS) is 19.3. The molecular weight excluding hydrogens is 578 g/mol. The van der Waals surface area contributed by atoms with Crippen LogP contribution in [0.1, 0.15) is 41.5 Å². The van der Waals surface area contributed by atoms with Gasteiger partial charge in [0.15, 0.2) is 5.92 Å². The van der Waals surface area contributed by atoms with Crippen molar-refractivity contribution < 1.29 is 38.6 Å². The van der Waals surface area contributed by atoms with Crippen molar-refractivity contribution in [1.82, 2.24) is 10.2 Å². The number of hydrogen-bond donors (Lipinski definition) is 2. The van der Waals surface area contributed by atoms with Gasteiger partial charge in [0, 0.05) is 23.2 Å². The number of β-lactam (4-membered cyclic amide) rings is 1. The second kappa shape index (κ2) is 12.6. The summed E-state index contributed by atoms with van der Waals surface area (Å²) >= 11 is 1.21. The van der Waals surface area contributed by atoms with Crippen LogP contribution >= 0.6 is 11.8 Å². The topological polar surface area (TPSA) is 188 Å². The number of carboxylic acids is 1. The number of esters is 2. The van der Waals surface area contributed by atoms with Gasteiger partial charge in [-0.05, 0) is 59.2 Å². The number of aliphatic carboxylic acids is 1. The Bertz CT molecular complexity index is 1580. The zero-order valence-corrected chi connectivity index (χ0v) is 23.8. The largest absolute Gasteiger partial charge is 0.477 e. The molecule has 222 valence electrons. The van der Waals surface area contributed by atoms with Crippen molar-refractivity contribution in [2.24, 2.45) is 5.11 Å². The molecule has 0 aromatic heterocycles. The molecule has 2 aromatic rings. The van der Waals surface area contributed by atoms with Crippen molar-refractivity contribution >= 4 is 41.5 Å². The summed E-state index contributed by atoms with van der Waals surface area (Å²) in [5.74, 6) is -5.26. The van der Waals surface area contributed by atoms with E-state index in [1.165, 1.54) is 24.2 Å². The summed E-state index contributed by atoms with van der Waals surface area (Å²) in [7, 11) is 0. The molecule has 5 rings (SSSR count). The molecule has 3 aliphatic rings. The molecule has 0 radical (unpaired) electrons. The number of carboxylic acid groups (broad SMARTS) is 1. The highest BCUT2D eigenvalue weighted by atomic mass is 32.2. The number of thioether (sulfide) groups is 1. The van der Waals surface area contributed by atoms with Gasteiger partial charge in [-0.3, -0.25) is 24.1 Å². The van der Waals surface area contributed by atoms with Crippen molar-refractivity contribution in [3.8, 4) is 5.75 Å². The van der Waals surface area contributed by atoms with Gasteiger partial charge in [0.05, 0.1) is 6.54 Å². The molecule has 2 heterocycles. The predicted molar refractivity (Wildman–Crippen MR) is 152 cm³/mol. The summed E-state index contributed by atoms with van der Waals surface area (Å²) in [6.07, 6.45) is 2.83. The van der Waals surface area contributed by atoms with Crippen LogP contribution in [-0.2, 0) is 48.1 Å². The van der Waals surface area contributed by atoms with Crippen LogP contribution in [0.4, 0.5) is 0 Å². The highest BCUT2D eigenvalue weighted by Crippen LogP contribution is 2.40. The lowest BCUT2D eigenvalue weighted by Crippen LogP contribution is -2.71. The van der Waals surface area contributed by atoms with E-state index in [0.29, 0.717) is 16.9 Å². The van der Waals surface area contributed by atoms with Crippen LogP contribution in [0.3, 0.4) is 0 Å². The smallest absolute Gasteiger partial charge is 0.352 e. The highest BCUT2D eigenvalue weighted by molar-refractivity contribution is 8.00. The van der Waals surface area contributed by atoms with Crippen LogP contribution in [0, 0.1) is 0 Å². The minimum absolute atomic E-state index is 0.0808. The summed E-state index contributed by atoms with van der Waals surface area (Å²) in [4.78, 5) is 67.3. The molecule has 0 saturated carbocycles. The summed E-state index contributed by atoms with van der Waals surface area (Å²) in [5, 5.41) is 15.2. The Morgan fingerprint density at radius 1 is 1.16 bits per heavy atom. The van der Waals surface area contributed by atoms with E-state index < -0.39 is 47.1 Å². The van der Waals surface area contributed by atoms with E-state index in [1.54, 1.807) is 36.4 Å². The Morgan fingerprint density at radius 3 is 2.60 bits per heavy atom. The number of amides is 2. The monoisotopic (exact) mass is 605 g/mol. The molecule has 1 aliphatic carbocycles. The van der Waals surface area contributed by atoms with Gasteiger partial charge in [-0.1, -0.05) is 35.4 Å². The first-order chi connectivity index (χ1) is 20.7. The first-order valence-corrected chi connectivity index (χ1v) is 14.5. The van der Waals surface area contributed by atoms with Gasteiger partial charge < -0.3 is 19.9 Å². The van der Waals surface area contributed by atoms with Gasteiger partial charge in [0.1, 0.15) is 29.5 Å². The third-order valence-corrected chi connectivity index (χ3v) is 8.75. The minimum Gasteiger partial charge on any atom is -0.477 e. The number of carbonyl (C=O) groups excluding carboxylic acids is 4. The number of rotatable bonds is 10. The van der Waals surface area contributed by atoms with Crippen LogP contribution in [0.15, 0.2) is 58.8 Å². The molecule has 3 unspecified atom stereocenters. The lowest BCUT2D eigenvalue weighted by atomic mass is 9.95.